The number of amides is 1. The third-order valence-electron chi connectivity index (χ3n) is 8.25. The molecule has 2 fully saturated rings. The van der Waals surface area contributed by atoms with E-state index in [0.717, 1.165) is 61.8 Å². The van der Waals surface area contributed by atoms with Crippen LogP contribution in [-0.4, -0.2) is 48.8 Å². The molecule has 0 bridgehead atoms. The second kappa shape index (κ2) is 10.8. The molecule has 200 valence electrons. The Bertz CT molecular complexity index is 1410. The van der Waals surface area contributed by atoms with Gasteiger partial charge in [-0.2, -0.15) is 5.26 Å². The molecule has 8 heteroatoms. The molecule has 0 unspecified atom stereocenters. The number of aromatic nitrogens is 2. The van der Waals surface area contributed by atoms with Crippen molar-refractivity contribution in [2.75, 3.05) is 37.8 Å². The summed E-state index contributed by atoms with van der Waals surface area (Å²) in [5.74, 6) is 1.80. The minimum atomic E-state index is -0.750. The van der Waals surface area contributed by atoms with Gasteiger partial charge in [-0.25, -0.2) is 4.98 Å². The van der Waals surface area contributed by atoms with E-state index in [4.69, 9.17) is 14.5 Å². The molecule has 1 aliphatic carbocycles. The minimum absolute atomic E-state index is 0.174. The average Bonchev–Trinajstić information content (AvgIpc) is 2.96. The highest BCUT2D eigenvalue weighted by molar-refractivity contribution is 5.94. The molecule has 8 nitrogen and oxygen atoms in total. The van der Waals surface area contributed by atoms with Crippen LogP contribution in [0.4, 0.5) is 5.82 Å². The van der Waals surface area contributed by atoms with Crippen molar-refractivity contribution in [1.82, 2.24) is 15.3 Å². The van der Waals surface area contributed by atoms with E-state index in [1.165, 1.54) is 11.3 Å². The van der Waals surface area contributed by atoms with Gasteiger partial charge in [0, 0.05) is 36.5 Å². The largest absolute Gasteiger partial charge is 0.378 e. The highest BCUT2D eigenvalue weighted by Gasteiger charge is 2.34. The summed E-state index contributed by atoms with van der Waals surface area (Å²) in [4.78, 5) is 24.7. The zero-order chi connectivity index (χ0) is 26.8. The van der Waals surface area contributed by atoms with Gasteiger partial charge in [0.05, 0.1) is 44.7 Å². The van der Waals surface area contributed by atoms with Crippen molar-refractivity contribution in [1.29, 1.82) is 5.26 Å². The molecular weight excluding hydrogens is 490 g/mol. The van der Waals surface area contributed by atoms with Crippen LogP contribution in [0.2, 0.25) is 0 Å². The third kappa shape index (κ3) is 5.25. The number of nitrogens with zero attached hydrogens (tertiary/aromatic N) is 4. The Balaban J connectivity index is 1.07. The normalized spacial score (nSPS) is 24.3. The van der Waals surface area contributed by atoms with Crippen LogP contribution in [0.15, 0.2) is 54.7 Å². The van der Waals surface area contributed by atoms with Gasteiger partial charge in [0.2, 0.25) is 0 Å². The highest BCUT2D eigenvalue weighted by Crippen LogP contribution is 2.47. The summed E-state index contributed by atoms with van der Waals surface area (Å²) in [5, 5.41) is 12.7. The van der Waals surface area contributed by atoms with Gasteiger partial charge in [-0.1, -0.05) is 12.1 Å². The number of nitrogens with one attached hydrogen (secondary N) is 1. The lowest BCUT2D eigenvalue weighted by atomic mass is 9.70. The van der Waals surface area contributed by atoms with Crippen molar-refractivity contribution in [3.63, 3.8) is 0 Å². The average molecular weight is 524 g/mol. The number of benzene rings is 1. The molecule has 6 rings (SSSR count). The van der Waals surface area contributed by atoms with Crippen molar-refractivity contribution >= 4 is 11.7 Å². The first kappa shape index (κ1) is 25.5. The fourth-order valence-corrected chi connectivity index (χ4v) is 5.78. The van der Waals surface area contributed by atoms with E-state index >= 15 is 0 Å². The number of carbonyl (C=O) groups excluding carboxylic acids is 1. The quantitative estimate of drug-likeness (QED) is 0.516. The number of hydrogen-bond donors (Lipinski definition) is 1. The highest BCUT2D eigenvalue weighted by atomic mass is 16.5. The maximum absolute atomic E-state index is 13.0. The maximum atomic E-state index is 13.0. The summed E-state index contributed by atoms with van der Waals surface area (Å²) in [6.07, 6.45) is 3.95. The molecule has 39 heavy (non-hydrogen) atoms. The molecule has 3 aromatic rings. The lowest BCUT2D eigenvalue weighted by Gasteiger charge is -2.36. The summed E-state index contributed by atoms with van der Waals surface area (Å²) in [5.41, 5.74) is 4.88. The van der Waals surface area contributed by atoms with Gasteiger partial charge in [-0.05, 0) is 78.8 Å². The monoisotopic (exact) mass is 523 g/mol. The Hall–Kier alpha value is -3.80. The second-order valence-electron chi connectivity index (χ2n) is 11.0. The zero-order valence-electron chi connectivity index (χ0n) is 22.2. The third-order valence-corrected chi connectivity index (χ3v) is 8.25. The summed E-state index contributed by atoms with van der Waals surface area (Å²) in [6.45, 7) is 6.28. The van der Waals surface area contributed by atoms with Gasteiger partial charge < -0.3 is 19.7 Å². The van der Waals surface area contributed by atoms with Crippen molar-refractivity contribution in [3.05, 3.63) is 88.4 Å². The Morgan fingerprint density at radius 1 is 1.13 bits per heavy atom. The molecular formula is C31H33N5O3. The lowest BCUT2D eigenvalue weighted by molar-refractivity contribution is 0.0757. The molecule has 1 N–H and O–H groups in total. The predicted molar refractivity (Wildman–Crippen MR) is 146 cm³/mol. The first-order valence-corrected chi connectivity index (χ1v) is 13.7. The van der Waals surface area contributed by atoms with Crippen molar-refractivity contribution in [2.45, 2.75) is 50.2 Å². The Morgan fingerprint density at radius 3 is 2.79 bits per heavy atom. The molecule has 2 aliphatic heterocycles. The van der Waals surface area contributed by atoms with Crippen LogP contribution in [0.1, 0.15) is 70.0 Å². The minimum Gasteiger partial charge on any atom is -0.378 e. The smallest absolute Gasteiger partial charge is 0.251 e. The van der Waals surface area contributed by atoms with E-state index in [0.29, 0.717) is 37.2 Å². The number of anilines is 1. The number of pyridine rings is 2. The van der Waals surface area contributed by atoms with Crippen LogP contribution < -0.4 is 10.2 Å². The van der Waals surface area contributed by atoms with Crippen LogP contribution in [0.3, 0.4) is 0 Å². The first-order valence-electron chi connectivity index (χ1n) is 13.7. The Labute approximate surface area is 229 Å². The van der Waals surface area contributed by atoms with Crippen LogP contribution in [0, 0.1) is 11.3 Å². The Kier molecular flexibility index (Phi) is 7.03. The van der Waals surface area contributed by atoms with Gasteiger partial charge in [-0.15, -0.1) is 0 Å². The zero-order valence-corrected chi connectivity index (χ0v) is 22.2. The van der Waals surface area contributed by atoms with Crippen molar-refractivity contribution in [3.8, 4) is 6.07 Å². The molecule has 3 aliphatic rings. The summed E-state index contributed by atoms with van der Waals surface area (Å²) in [6, 6.07) is 18.4. The maximum Gasteiger partial charge on any atom is 0.251 e. The van der Waals surface area contributed by atoms with E-state index in [1.54, 1.807) is 6.07 Å². The van der Waals surface area contributed by atoms with Crippen molar-refractivity contribution < 1.29 is 14.3 Å². The molecule has 1 aromatic carbocycles. The van der Waals surface area contributed by atoms with Gasteiger partial charge in [-0.3, -0.25) is 9.78 Å². The number of ether oxygens (including phenoxy) is 2. The number of nitriles is 1. The molecule has 0 radical (unpaired) electrons. The van der Waals surface area contributed by atoms with Crippen LogP contribution in [-0.2, 0) is 28.0 Å². The fourth-order valence-electron chi connectivity index (χ4n) is 5.78. The summed E-state index contributed by atoms with van der Waals surface area (Å²) < 4.78 is 11.0. The van der Waals surface area contributed by atoms with Crippen LogP contribution >= 0.6 is 0 Å². The molecule has 4 heterocycles. The van der Waals surface area contributed by atoms with E-state index < -0.39 is 5.41 Å². The first-order chi connectivity index (χ1) is 19.0. The summed E-state index contributed by atoms with van der Waals surface area (Å²) >= 11 is 0. The van der Waals surface area contributed by atoms with E-state index in [2.05, 4.69) is 51.6 Å². The molecule has 1 amide bonds. The van der Waals surface area contributed by atoms with Gasteiger partial charge >= 0.3 is 0 Å². The van der Waals surface area contributed by atoms with Gasteiger partial charge in [0.15, 0.2) is 0 Å². The number of rotatable bonds is 6. The summed E-state index contributed by atoms with van der Waals surface area (Å²) in [7, 11) is 0. The standard InChI is InChI=1S/C31H33N5O3/c1-31(19-32)20-39-18-23-6-5-22(16-27(23)31)30(37)34-17-26-15-21(7-8-33-26)24-13-25(14-24)28-3-2-4-29(35-28)36-9-11-38-12-10-36/h2-8,15-16,24-25H,9-14,17-18,20H2,1H3,(H,34,37)/t24?,25?,31-/m1/s1. The lowest BCUT2D eigenvalue weighted by Crippen LogP contribution is -2.37. The number of carbonyl (C=O) groups is 1. The topological polar surface area (TPSA) is 100 Å². The van der Waals surface area contributed by atoms with Crippen LogP contribution in [0.5, 0.6) is 0 Å². The van der Waals surface area contributed by atoms with E-state index in [9.17, 15) is 10.1 Å². The van der Waals surface area contributed by atoms with Gasteiger partial charge in [0.25, 0.3) is 5.91 Å². The van der Waals surface area contributed by atoms with E-state index in [1.807, 2.05) is 25.3 Å². The second-order valence-corrected chi connectivity index (χ2v) is 11.0. The van der Waals surface area contributed by atoms with E-state index in [-0.39, 0.29) is 5.91 Å². The predicted octanol–water partition coefficient (Wildman–Crippen LogP) is 4.22. The number of hydrogen-bond acceptors (Lipinski definition) is 7. The van der Waals surface area contributed by atoms with Crippen molar-refractivity contribution in [2.24, 2.45) is 0 Å². The molecule has 0 spiro atoms. The molecule has 1 atom stereocenters. The van der Waals surface area contributed by atoms with Crippen LogP contribution in [0.25, 0.3) is 0 Å². The SMILES string of the molecule is C[C@@]1(C#N)COCc2ccc(C(=O)NCc3cc(C4CC(c5cccc(N6CCOCC6)n5)C4)ccn3)cc21. The fraction of sp³-hybridized carbons (Fsp3) is 0.419. The molecule has 2 aromatic heterocycles. The number of fused-ring (bicyclic) bond motifs is 1. The number of morpholine rings is 1. The van der Waals surface area contributed by atoms with Gasteiger partial charge in [0.1, 0.15) is 11.2 Å². The Morgan fingerprint density at radius 2 is 1.97 bits per heavy atom. The molecule has 1 saturated heterocycles. The molecule has 1 saturated carbocycles.